The van der Waals surface area contributed by atoms with E-state index in [-0.39, 0.29) is 12.5 Å². The van der Waals surface area contributed by atoms with Crippen molar-refractivity contribution >= 4 is 13.7 Å². The number of carbonyl (C=O) groups excluding carboxylic acids is 1. The Hall–Kier alpha value is -1.80. The van der Waals surface area contributed by atoms with Gasteiger partial charge in [0.2, 0.25) is 5.91 Å². The number of hydrogen-bond acceptors (Lipinski definition) is 6. The van der Waals surface area contributed by atoms with E-state index < -0.39 is 26.6 Å². The number of nitrogens with one attached hydrogen (secondary N) is 1. The Bertz CT molecular complexity index is 1710. The highest BCUT2D eigenvalue weighted by Crippen LogP contribution is 2.38. The molecule has 0 aromatic carbocycles. The van der Waals surface area contributed by atoms with Crippen LogP contribution in [0.15, 0.2) is 60.8 Å². The first-order chi connectivity index (χ1) is 45.5. The van der Waals surface area contributed by atoms with Crippen molar-refractivity contribution in [3.63, 3.8) is 0 Å². The number of hydrogen-bond donors (Lipinski definition) is 2. The Kier molecular flexibility index (Phi) is 73.0. The van der Waals surface area contributed by atoms with Crippen LogP contribution in [0.4, 0.5) is 0 Å². The highest BCUT2D eigenvalue weighted by atomic mass is 31.2. The molecule has 0 bridgehead atoms. The quantitative estimate of drug-likeness (QED) is 0.0272. The van der Waals surface area contributed by atoms with E-state index in [4.69, 9.17) is 9.05 Å². The van der Waals surface area contributed by atoms with Gasteiger partial charge in [-0.1, -0.05) is 396 Å². The summed E-state index contributed by atoms with van der Waals surface area (Å²) in [5, 5.41) is 14.0. The zero-order valence-electron chi connectivity index (χ0n) is 63.0. The van der Waals surface area contributed by atoms with Gasteiger partial charge in [-0.25, -0.2) is 0 Å². The van der Waals surface area contributed by atoms with Crippen molar-refractivity contribution in [1.29, 1.82) is 0 Å². The van der Waals surface area contributed by atoms with Crippen LogP contribution in [0.3, 0.4) is 0 Å². The molecule has 0 rings (SSSR count). The van der Waals surface area contributed by atoms with Gasteiger partial charge in [-0.2, -0.15) is 0 Å². The molecule has 548 valence electrons. The Morgan fingerprint density at radius 2 is 0.634 bits per heavy atom. The van der Waals surface area contributed by atoms with E-state index in [1.807, 2.05) is 27.2 Å². The van der Waals surface area contributed by atoms with Crippen molar-refractivity contribution in [1.82, 2.24) is 5.32 Å². The Labute approximate surface area is 581 Å². The van der Waals surface area contributed by atoms with Gasteiger partial charge in [-0.15, -0.1) is 0 Å². The smallest absolute Gasteiger partial charge is 0.268 e. The van der Waals surface area contributed by atoms with Gasteiger partial charge in [0.05, 0.1) is 39.9 Å². The van der Waals surface area contributed by atoms with Crippen molar-refractivity contribution in [2.24, 2.45) is 0 Å². The van der Waals surface area contributed by atoms with Crippen molar-refractivity contribution in [3.05, 3.63) is 60.8 Å². The molecular formula is C84H161N2O6P. The Morgan fingerprint density at radius 3 is 0.935 bits per heavy atom. The SMILES string of the molecule is CCCCCCC/C=C\C/C=C\CCCCCCCCCCCCCCCCCCCCCCCCCCCCCC(=O)NC(COP(=O)([O-])OCC[N+](C)(C)C)C(O)/C=C/CC/C=C/CC/C=C/CCCCCCCCCCCCCCCCCCCCCCCC. The molecule has 0 aromatic heterocycles. The lowest BCUT2D eigenvalue weighted by Crippen LogP contribution is -2.45. The number of likely N-dealkylation sites (N-methyl/N-ethyl adjacent to an activating group) is 1. The normalized spacial score (nSPS) is 13.8. The van der Waals surface area contributed by atoms with Gasteiger partial charge in [0, 0.05) is 6.42 Å². The number of phosphoric ester groups is 1. The molecule has 0 aromatic rings. The highest BCUT2D eigenvalue weighted by molar-refractivity contribution is 7.45. The fourth-order valence-electron chi connectivity index (χ4n) is 12.6. The second-order valence-corrected chi connectivity index (χ2v) is 30.9. The summed E-state index contributed by atoms with van der Waals surface area (Å²) in [6.45, 7) is 4.67. The van der Waals surface area contributed by atoms with Crippen molar-refractivity contribution in [3.8, 4) is 0 Å². The van der Waals surface area contributed by atoms with E-state index in [0.29, 0.717) is 17.4 Å². The molecule has 0 fully saturated rings. The maximum atomic E-state index is 13.1. The largest absolute Gasteiger partial charge is 0.756 e. The zero-order valence-corrected chi connectivity index (χ0v) is 63.9. The minimum Gasteiger partial charge on any atom is -0.756 e. The molecule has 93 heavy (non-hydrogen) atoms. The maximum Gasteiger partial charge on any atom is 0.268 e. The molecule has 1 amide bonds. The van der Waals surface area contributed by atoms with E-state index in [1.165, 1.54) is 347 Å². The number of aliphatic hydroxyl groups excluding tert-OH is 1. The number of quaternary nitrogens is 1. The number of unbranched alkanes of at least 4 members (excludes halogenated alkanes) is 56. The summed E-state index contributed by atoms with van der Waals surface area (Å²) in [5.41, 5.74) is 0. The number of nitrogens with zero attached hydrogens (tertiary/aromatic N) is 1. The first-order valence-corrected chi connectivity index (χ1v) is 42.6. The molecule has 3 unspecified atom stereocenters. The average Bonchev–Trinajstić information content (AvgIpc) is 1.94. The van der Waals surface area contributed by atoms with Crippen LogP contribution in [0.5, 0.6) is 0 Å². The molecule has 0 aliphatic heterocycles. The summed E-state index contributed by atoms with van der Waals surface area (Å²) in [5.74, 6) is -0.203. The summed E-state index contributed by atoms with van der Waals surface area (Å²) in [7, 11) is 1.25. The molecule has 0 saturated heterocycles. The first kappa shape index (κ1) is 91.2. The monoisotopic (exact) mass is 1330 g/mol. The molecule has 0 radical (unpaired) electrons. The molecular weight excluding hydrogens is 1160 g/mol. The molecule has 0 heterocycles. The molecule has 0 aliphatic rings. The van der Waals surface area contributed by atoms with Crippen LogP contribution >= 0.6 is 7.82 Å². The van der Waals surface area contributed by atoms with Gasteiger partial charge >= 0.3 is 0 Å². The van der Waals surface area contributed by atoms with Crippen molar-refractivity contribution in [2.45, 2.75) is 431 Å². The molecule has 0 saturated carbocycles. The summed E-state index contributed by atoms with van der Waals surface area (Å²) in [4.78, 5) is 25.7. The first-order valence-electron chi connectivity index (χ1n) is 41.2. The second-order valence-electron chi connectivity index (χ2n) is 29.5. The fourth-order valence-corrected chi connectivity index (χ4v) is 13.3. The van der Waals surface area contributed by atoms with Crippen molar-refractivity contribution in [2.75, 3.05) is 40.9 Å². The Morgan fingerprint density at radius 1 is 0.376 bits per heavy atom. The zero-order chi connectivity index (χ0) is 67.6. The average molecular weight is 1330 g/mol. The lowest BCUT2D eigenvalue weighted by atomic mass is 10.0. The van der Waals surface area contributed by atoms with Crippen molar-refractivity contribution < 1.29 is 32.9 Å². The van der Waals surface area contributed by atoms with Gasteiger partial charge < -0.3 is 28.8 Å². The Balaban J connectivity index is 3.97. The lowest BCUT2D eigenvalue weighted by Gasteiger charge is -2.29. The van der Waals surface area contributed by atoms with Gasteiger partial charge in [-0.05, 0) is 77.0 Å². The van der Waals surface area contributed by atoms with Gasteiger partial charge in [0.1, 0.15) is 13.2 Å². The highest BCUT2D eigenvalue weighted by Gasteiger charge is 2.23. The van der Waals surface area contributed by atoms with Crippen LogP contribution in [0, 0.1) is 0 Å². The van der Waals surface area contributed by atoms with E-state index in [9.17, 15) is 19.4 Å². The van der Waals surface area contributed by atoms with Gasteiger partial charge in [0.15, 0.2) is 0 Å². The predicted molar refractivity (Wildman–Crippen MR) is 408 cm³/mol. The molecule has 9 heteroatoms. The number of rotatable bonds is 77. The number of phosphoric acid groups is 1. The van der Waals surface area contributed by atoms with Crippen LogP contribution in [-0.4, -0.2) is 68.5 Å². The van der Waals surface area contributed by atoms with Crippen LogP contribution in [-0.2, 0) is 18.4 Å². The van der Waals surface area contributed by atoms with Crippen LogP contribution in [0.25, 0.3) is 0 Å². The molecule has 2 N–H and O–H groups in total. The summed E-state index contributed by atoms with van der Waals surface area (Å²) >= 11 is 0. The summed E-state index contributed by atoms with van der Waals surface area (Å²) < 4.78 is 23.5. The number of amides is 1. The number of allylic oxidation sites excluding steroid dienone is 9. The van der Waals surface area contributed by atoms with E-state index in [1.54, 1.807) is 6.08 Å². The maximum absolute atomic E-state index is 13.1. The van der Waals surface area contributed by atoms with Gasteiger partial charge in [-0.3, -0.25) is 9.36 Å². The van der Waals surface area contributed by atoms with Crippen LogP contribution < -0.4 is 10.2 Å². The van der Waals surface area contributed by atoms with E-state index in [2.05, 4.69) is 67.8 Å². The minimum atomic E-state index is -4.62. The molecule has 3 atom stereocenters. The number of aliphatic hydroxyl groups is 1. The summed E-state index contributed by atoms with van der Waals surface area (Å²) in [6, 6.07) is -0.912. The minimum absolute atomic E-state index is 0.00815. The topological polar surface area (TPSA) is 108 Å². The second kappa shape index (κ2) is 74.4. The summed E-state index contributed by atoms with van der Waals surface area (Å²) in [6.07, 6.45) is 104. The fraction of sp³-hybridized carbons (Fsp3) is 0.869. The van der Waals surface area contributed by atoms with Gasteiger partial charge in [0.25, 0.3) is 7.82 Å². The third-order valence-electron chi connectivity index (χ3n) is 18.9. The molecule has 8 nitrogen and oxygen atoms in total. The van der Waals surface area contributed by atoms with E-state index >= 15 is 0 Å². The van der Waals surface area contributed by atoms with Crippen LogP contribution in [0.1, 0.15) is 418 Å². The molecule has 0 aliphatic carbocycles. The van der Waals surface area contributed by atoms with Crippen LogP contribution in [0.2, 0.25) is 0 Å². The van der Waals surface area contributed by atoms with E-state index in [0.717, 1.165) is 51.4 Å². The third kappa shape index (κ3) is 77.4. The molecule has 0 spiro atoms. The number of carbonyl (C=O) groups is 1. The third-order valence-corrected chi connectivity index (χ3v) is 19.9. The lowest BCUT2D eigenvalue weighted by molar-refractivity contribution is -0.870. The standard InChI is InChI=1S/C84H161N2O6P/c1-6-8-10-12-14-16-18-20-22-24-26-28-30-32-34-36-38-40-41-42-43-44-45-46-48-50-52-54-56-58-60-62-64-66-68-70-72-74-76-78-84(88)85-82(81-92-93(89,90)91-80-79-86(3,4)5)83(87)77-75-73-71-69-67-65-63-61-59-57-55-53-51-49-47-39-37-35-33-31-29-27-25-23-21-19-17-15-13-11-9-7-2/h18,20,24,26,59,61,67,69,75,77,82-83,87H,6-17,19,21-23,25,27-58,60,62-66,68,70-74,76,78-81H2,1-5H3,(H-,85,88,89,90)/b20-18-,26-24-,61-59+,69-67+,77-75+. The predicted octanol–water partition coefficient (Wildman–Crippen LogP) is 26.4.